The Kier molecular flexibility index (Phi) is 10.5. The predicted molar refractivity (Wildman–Crippen MR) is 87.5 cm³/mol. The Morgan fingerprint density at radius 3 is 1.36 bits per heavy atom. The van der Waals surface area contributed by atoms with E-state index < -0.39 is 0 Å². The van der Waals surface area contributed by atoms with Gasteiger partial charge in [-0.3, -0.25) is 0 Å². The van der Waals surface area contributed by atoms with Crippen molar-refractivity contribution in [2.75, 3.05) is 0 Å². The van der Waals surface area contributed by atoms with E-state index in [1.165, 1.54) is 22.3 Å². The molecule has 114 valence electrons. The highest BCUT2D eigenvalue weighted by atomic mass is 16.1. The molecule has 2 N–H and O–H groups in total. The molecule has 4 nitrogen and oxygen atoms in total. The van der Waals surface area contributed by atoms with Gasteiger partial charge < -0.3 is 0 Å². The van der Waals surface area contributed by atoms with Gasteiger partial charge in [-0.15, -0.1) is 0 Å². The number of hydrogen-bond donors (Lipinski definition) is 2. The second-order valence-electron chi connectivity index (χ2n) is 4.31. The lowest BCUT2D eigenvalue weighted by atomic mass is 10.00. The molecule has 2 aromatic carbocycles. The van der Waals surface area contributed by atoms with Crippen LogP contribution in [0.1, 0.15) is 25.0 Å². The summed E-state index contributed by atoms with van der Waals surface area (Å²) in [5, 5.41) is 10.8. The van der Waals surface area contributed by atoms with Crippen LogP contribution in [0.4, 0.5) is 0 Å². The minimum absolute atomic E-state index is 0.750. The molecule has 2 rings (SSSR count). The maximum absolute atomic E-state index is 8.35. The molecule has 0 bridgehead atoms. The molecule has 0 aromatic heterocycles. The van der Waals surface area contributed by atoms with Crippen LogP contribution in [0.2, 0.25) is 0 Å². The molecule has 4 heteroatoms. The number of hydrogen-bond acceptors (Lipinski definition) is 4. The molecule has 0 saturated heterocycles. The number of isocyanates is 2. The van der Waals surface area contributed by atoms with Crippen molar-refractivity contribution in [3.63, 3.8) is 0 Å². The van der Waals surface area contributed by atoms with E-state index in [0.29, 0.717) is 0 Å². The predicted octanol–water partition coefficient (Wildman–Crippen LogP) is 4.28. The summed E-state index contributed by atoms with van der Waals surface area (Å²) >= 11 is 0. The molecule has 2 aromatic rings. The van der Waals surface area contributed by atoms with Gasteiger partial charge in [0.05, 0.1) is 0 Å². The van der Waals surface area contributed by atoms with Crippen LogP contribution in [-0.4, -0.2) is 12.2 Å². The lowest BCUT2D eigenvalue weighted by molar-refractivity contribution is 0.562. The Morgan fingerprint density at radius 2 is 1.09 bits per heavy atom. The van der Waals surface area contributed by atoms with E-state index >= 15 is 0 Å². The summed E-state index contributed by atoms with van der Waals surface area (Å²) in [6.07, 6.45) is 3.70. The highest BCUT2D eigenvalue weighted by molar-refractivity contribution is 5.64. The maximum atomic E-state index is 8.35. The van der Waals surface area contributed by atoms with Crippen LogP contribution in [-0.2, 0) is 22.4 Å². The van der Waals surface area contributed by atoms with Gasteiger partial charge in [-0.1, -0.05) is 62.4 Å². The highest BCUT2D eigenvalue weighted by Gasteiger charge is 1.99. The zero-order valence-corrected chi connectivity index (χ0v) is 12.8. The largest absolute Gasteiger partial charge is 0.231 e. The summed E-state index contributed by atoms with van der Waals surface area (Å²) in [5.41, 5.74) is 5.46. The molecule has 0 amide bonds. The van der Waals surface area contributed by atoms with Gasteiger partial charge in [0.2, 0.25) is 12.2 Å². The molecule has 0 radical (unpaired) electrons. The molecule has 0 fully saturated rings. The van der Waals surface area contributed by atoms with Gasteiger partial charge in [0.25, 0.3) is 0 Å². The summed E-state index contributed by atoms with van der Waals surface area (Å²) in [4.78, 5) is 16.7. The number of aryl methyl sites for hydroxylation is 2. The van der Waals surface area contributed by atoms with E-state index in [1.54, 1.807) is 0 Å². The van der Waals surface area contributed by atoms with Crippen molar-refractivity contribution in [1.82, 2.24) is 0 Å². The van der Waals surface area contributed by atoms with Crippen LogP contribution in [0, 0.1) is 10.8 Å². The Morgan fingerprint density at radius 1 is 0.773 bits per heavy atom. The van der Waals surface area contributed by atoms with Crippen molar-refractivity contribution < 1.29 is 9.59 Å². The fourth-order valence-corrected chi connectivity index (χ4v) is 1.94. The normalized spacial score (nSPS) is 8.27. The molecule has 0 aliphatic rings. The third-order valence-corrected chi connectivity index (χ3v) is 3.00. The lowest BCUT2D eigenvalue weighted by Gasteiger charge is -2.05. The van der Waals surface area contributed by atoms with Crippen LogP contribution in [0.25, 0.3) is 11.1 Å². The summed E-state index contributed by atoms with van der Waals surface area (Å²) in [6, 6.07) is 17.6. The Bertz CT molecular complexity index is 582. The fourth-order valence-electron chi connectivity index (χ4n) is 1.94. The number of nitrogens with one attached hydrogen (secondary N) is 2. The van der Waals surface area contributed by atoms with Crippen LogP contribution >= 0.6 is 0 Å². The average molecular weight is 296 g/mol. The van der Waals surface area contributed by atoms with Gasteiger partial charge in [0.15, 0.2) is 0 Å². The molecule has 0 atom stereocenters. The fraction of sp³-hybridized carbons (Fsp3) is 0.222. The van der Waals surface area contributed by atoms with E-state index in [1.807, 2.05) is 0 Å². The van der Waals surface area contributed by atoms with Gasteiger partial charge in [0, 0.05) is 0 Å². The van der Waals surface area contributed by atoms with E-state index in [0.717, 1.165) is 25.0 Å². The third-order valence-electron chi connectivity index (χ3n) is 3.00. The SMILES string of the molecule is CCc1cccc(-c2cccc(CC)c2)c1.N=C=O.N=C=O. The van der Waals surface area contributed by atoms with Crippen molar-refractivity contribution in [2.24, 2.45) is 0 Å². The van der Waals surface area contributed by atoms with Gasteiger partial charge in [-0.2, -0.15) is 0 Å². The van der Waals surface area contributed by atoms with Crippen LogP contribution in [0.3, 0.4) is 0 Å². The summed E-state index contributed by atoms with van der Waals surface area (Å²) < 4.78 is 0. The van der Waals surface area contributed by atoms with Crippen LogP contribution in [0.5, 0.6) is 0 Å². The molecule has 0 unspecified atom stereocenters. The number of rotatable bonds is 3. The minimum Gasteiger partial charge on any atom is -0.222 e. The highest BCUT2D eigenvalue weighted by Crippen LogP contribution is 2.22. The third kappa shape index (κ3) is 7.11. The van der Waals surface area contributed by atoms with Crippen molar-refractivity contribution in [1.29, 1.82) is 10.8 Å². The summed E-state index contributed by atoms with van der Waals surface area (Å²) in [5.74, 6) is 0. The van der Waals surface area contributed by atoms with E-state index in [4.69, 9.17) is 20.4 Å². The second-order valence-corrected chi connectivity index (χ2v) is 4.31. The standard InChI is InChI=1S/C16H18.2CHNO/c1-3-13-7-5-9-15(11-13)16-10-6-8-14(4-2)12-16;2*2-1-3/h5-12H,3-4H2,1-2H3;2*2H. The monoisotopic (exact) mass is 296 g/mol. The van der Waals surface area contributed by atoms with Crippen molar-refractivity contribution in [3.8, 4) is 11.1 Å². The average Bonchev–Trinajstić information content (AvgIpc) is 2.56. The van der Waals surface area contributed by atoms with Crippen molar-refractivity contribution >= 4 is 12.2 Å². The number of carbonyl (C=O) groups excluding carboxylic acids is 2. The first-order valence-corrected chi connectivity index (χ1v) is 6.92. The topological polar surface area (TPSA) is 81.8 Å². The molecular weight excluding hydrogens is 276 g/mol. The molecule has 0 spiro atoms. The van der Waals surface area contributed by atoms with Crippen molar-refractivity contribution in [2.45, 2.75) is 26.7 Å². The van der Waals surface area contributed by atoms with Gasteiger partial charge in [-0.25, -0.2) is 20.4 Å². The van der Waals surface area contributed by atoms with E-state index in [2.05, 4.69) is 62.4 Å². The summed E-state index contributed by atoms with van der Waals surface area (Å²) in [7, 11) is 0. The molecule has 22 heavy (non-hydrogen) atoms. The zero-order chi connectivity index (χ0) is 16.8. The molecular formula is C18H20N2O2. The molecule has 0 saturated carbocycles. The Hall–Kier alpha value is -2.80. The Labute approximate surface area is 130 Å². The van der Waals surface area contributed by atoms with E-state index in [9.17, 15) is 0 Å². The first kappa shape index (κ1) is 19.2. The quantitative estimate of drug-likeness (QED) is 0.654. The maximum Gasteiger partial charge on any atom is 0.231 e. The lowest BCUT2D eigenvalue weighted by Crippen LogP contribution is -1.85. The summed E-state index contributed by atoms with van der Waals surface area (Å²) in [6.45, 7) is 4.39. The van der Waals surface area contributed by atoms with Crippen LogP contribution < -0.4 is 0 Å². The van der Waals surface area contributed by atoms with Crippen molar-refractivity contribution in [3.05, 3.63) is 59.7 Å². The van der Waals surface area contributed by atoms with Gasteiger partial charge in [-0.05, 0) is 35.1 Å². The minimum atomic E-state index is 0.750. The molecule has 0 aliphatic carbocycles. The van der Waals surface area contributed by atoms with Crippen LogP contribution in [0.15, 0.2) is 48.5 Å². The van der Waals surface area contributed by atoms with E-state index in [-0.39, 0.29) is 0 Å². The van der Waals surface area contributed by atoms with Gasteiger partial charge in [0.1, 0.15) is 0 Å². The Balaban J connectivity index is 0.000000639. The first-order valence-electron chi connectivity index (χ1n) is 6.92. The smallest absolute Gasteiger partial charge is 0.222 e. The second kappa shape index (κ2) is 12.0. The molecule has 0 heterocycles. The first-order chi connectivity index (χ1) is 10.7. The molecule has 0 aliphatic heterocycles. The number of benzene rings is 2. The van der Waals surface area contributed by atoms with Gasteiger partial charge >= 0.3 is 0 Å². The zero-order valence-electron chi connectivity index (χ0n) is 12.8.